The summed E-state index contributed by atoms with van der Waals surface area (Å²) in [4.78, 5) is 0. The fourth-order valence-electron chi connectivity index (χ4n) is 1.45. The van der Waals surface area contributed by atoms with Gasteiger partial charge in [-0.25, -0.2) is 8.42 Å². The highest BCUT2D eigenvalue weighted by molar-refractivity contribution is 7.95. The van der Waals surface area contributed by atoms with Crippen LogP contribution in [0.5, 0.6) is 0 Å². The molecule has 2 saturated heterocycles. The van der Waals surface area contributed by atoms with Crippen LogP contribution in [0.3, 0.4) is 0 Å². The average Bonchev–Trinajstić information content (AvgIpc) is 2.32. The highest BCUT2D eigenvalue weighted by Crippen LogP contribution is 2.43. The first-order valence-electron chi connectivity index (χ1n) is 3.64. The van der Waals surface area contributed by atoms with E-state index in [0.717, 1.165) is 0 Å². The molecule has 2 fully saturated rings. The average molecular weight is 213 g/mol. The van der Waals surface area contributed by atoms with Crippen LogP contribution in [-0.4, -0.2) is 37.4 Å². The lowest BCUT2D eigenvalue weighted by molar-refractivity contribution is -0.149. The molecule has 3 atom stereocenters. The van der Waals surface area contributed by atoms with Crippen LogP contribution >= 0.6 is 11.6 Å². The molecule has 0 amide bonds. The van der Waals surface area contributed by atoms with Crippen molar-refractivity contribution in [3.8, 4) is 0 Å². The van der Waals surface area contributed by atoms with Gasteiger partial charge in [-0.1, -0.05) is 11.6 Å². The minimum atomic E-state index is -3.16. The highest BCUT2D eigenvalue weighted by atomic mass is 35.5. The Kier molecular flexibility index (Phi) is 1.71. The third-order valence-electron chi connectivity index (χ3n) is 2.03. The quantitative estimate of drug-likeness (QED) is 0.535. The van der Waals surface area contributed by atoms with Gasteiger partial charge in [0, 0.05) is 0 Å². The minimum absolute atomic E-state index is 0.0678. The van der Waals surface area contributed by atoms with E-state index in [1.54, 1.807) is 0 Å². The van der Waals surface area contributed by atoms with Crippen molar-refractivity contribution in [2.45, 2.75) is 23.5 Å². The molecule has 0 aliphatic carbocycles. The largest absolute Gasteiger partial charge is 0.344 e. The Morgan fingerprint density at radius 3 is 2.58 bits per heavy atom. The van der Waals surface area contributed by atoms with Crippen LogP contribution in [0.1, 0.15) is 6.92 Å². The van der Waals surface area contributed by atoms with E-state index in [4.69, 9.17) is 21.1 Å². The summed E-state index contributed by atoms with van der Waals surface area (Å²) < 4.78 is 31.5. The first kappa shape index (κ1) is 8.74. The normalized spacial score (nSPS) is 50.8. The molecule has 0 bridgehead atoms. The van der Waals surface area contributed by atoms with Crippen molar-refractivity contribution in [2.75, 3.05) is 12.4 Å². The smallest absolute Gasteiger partial charge is 0.214 e. The summed E-state index contributed by atoms with van der Waals surface area (Å²) in [6.45, 7) is 2.24. The second-order valence-corrected chi connectivity index (χ2v) is 5.96. The first-order chi connectivity index (χ1) is 5.46. The summed E-state index contributed by atoms with van der Waals surface area (Å²) in [5.41, 5.74) is 0. The number of hydrogen-bond donors (Lipinski definition) is 0. The van der Waals surface area contributed by atoms with E-state index in [1.165, 1.54) is 0 Å². The Labute approximate surface area is 75.7 Å². The third-order valence-corrected chi connectivity index (χ3v) is 4.97. The molecule has 0 saturated carbocycles. The molecule has 2 rings (SSSR count). The van der Waals surface area contributed by atoms with Crippen LogP contribution in [-0.2, 0) is 19.3 Å². The van der Waals surface area contributed by atoms with Crippen molar-refractivity contribution in [2.24, 2.45) is 0 Å². The maximum atomic E-state index is 11.0. The van der Waals surface area contributed by atoms with Crippen molar-refractivity contribution in [3.63, 3.8) is 0 Å². The van der Waals surface area contributed by atoms with Gasteiger partial charge in [-0.3, -0.25) is 0 Å². The zero-order chi connectivity index (χ0) is 8.98. The maximum absolute atomic E-state index is 11.0. The zero-order valence-corrected chi connectivity index (χ0v) is 8.06. The molecule has 0 N–H and O–H groups in total. The molecule has 2 aliphatic heterocycles. The molecule has 0 aromatic rings. The van der Waals surface area contributed by atoms with Gasteiger partial charge in [0.1, 0.15) is 5.75 Å². The lowest BCUT2D eigenvalue weighted by atomic mass is 10.3. The van der Waals surface area contributed by atoms with Gasteiger partial charge in [0.15, 0.2) is 14.5 Å². The van der Waals surface area contributed by atoms with Gasteiger partial charge in [0.2, 0.25) is 5.79 Å². The van der Waals surface area contributed by atoms with Crippen LogP contribution in [0.25, 0.3) is 0 Å². The van der Waals surface area contributed by atoms with E-state index < -0.39 is 20.3 Å². The van der Waals surface area contributed by atoms with Crippen molar-refractivity contribution >= 4 is 21.4 Å². The summed E-state index contributed by atoms with van der Waals surface area (Å²) in [6.07, 6.45) is -0.0678. The molecule has 70 valence electrons. The van der Waals surface area contributed by atoms with E-state index in [1.807, 2.05) is 6.92 Å². The summed E-state index contributed by atoms with van der Waals surface area (Å²) in [6, 6.07) is 0. The third kappa shape index (κ3) is 1.00. The van der Waals surface area contributed by atoms with Crippen LogP contribution in [0.2, 0.25) is 0 Å². The minimum Gasteiger partial charge on any atom is -0.344 e. The molecule has 2 heterocycles. The predicted molar refractivity (Wildman–Crippen MR) is 42.7 cm³/mol. The Morgan fingerprint density at radius 2 is 2.25 bits per heavy atom. The fourth-order valence-corrected chi connectivity index (χ4v) is 3.41. The molecule has 6 heteroatoms. The van der Waals surface area contributed by atoms with Crippen molar-refractivity contribution < 1.29 is 17.9 Å². The van der Waals surface area contributed by atoms with Gasteiger partial charge in [0.25, 0.3) is 0 Å². The Morgan fingerprint density at radius 1 is 1.58 bits per heavy atom. The predicted octanol–water partition coefficient (Wildman–Crippen LogP) is 0.111. The van der Waals surface area contributed by atoms with Crippen molar-refractivity contribution in [3.05, 3.63) is 0 Å². The van der Waals surface area contributed by atoms with Gasteiger partial charge in [-0.2, -0.15) is 0 Å². The fraction of sp³-hybridized carbons (Fsp3) is 1.00. The molecule has 0 unspecified atom stereocenters. The second kappa shape index (κ2) is 2.35. The van der Waals surface area contributed by atoms with E-state index >= 15 is 0 Å². The number of sulfone groups is 1. The van der Waals surface area contributed by atoms with E-state index in [9.17, 15) is 8.42 Å². The molecule has 0 aromatic carbocycles. The van der Waals surface area contributed by atoms with Crippen LogP contribution < -0.4 is 0 Å². The van der Waals surface area contributed by atoms with Crippen LogP contribution in [0.15, 0.2) is 0 Å². The summed E-state index contributed by atoms with van der Waals surface area (Å²) >= 11 is 5.63. The van der Waals surface area contributed by atoms with Gasteiger partial charge >= 0.3 is 0 Å². The van der Waals surface area contributed by atoms with Crippen molar-refractivity contribution in [1.82, 2.24) is 0 Å². The Balaban J connectivity index is 2.19. The molecular formula is C6H9ClO4S. The topological polar surface area (TPSA) is 52.6 Å². The molecule has 1 spiro atoms. The van der Waals surface area contributed by atoms with E-state index in [0.29, 0.717) is 6.61 Å². The maximum Gasteiger partial charge on any atom is 0.214 e. The van der Waals surface area contributed by atoms with Crippen LogP contribution in [0.4, 0.5) is 0 Å². The first-order valence-corrected chi connectivity index (χ1v) is 5.79. The number of ether oxygens (including phenoxy) is 2. The second-order valence-electron chi connectivity index (χ2n) is 3.17. The van der Waals surface area contributed by atoms with Gasteiger partial charge in [-0.05, 0) is 6.92 Å². The molecule has 0 aromatic heterocycles. The Hall–Kier alpha value is 0.160. The lowest BCUT2D eigenvalue weighted by Crippen LogP contribution is -2.61. The summed E-state index contributed by atoms with van der Waals surface area (Å²) in [5.74, 6) is -1.15. The van der Waals surface area contributed by atoms with Crippen LogP contribution in [0, 0.1) is 0 Å². The van der Waals surface area contributed by atoms with Crippen molar-refractivity contribution in [1.29, 1.82) is 0 Å². The molecule has 2 aliphatic rings. The van der Waals surface area contributed by atoms with Gasteiger partial charge in [0.05, 0.1) is 12.7 Å². The molecule has 4 nitrogen and oxygen atoms in total. The molecule has 0 radical (unpaired) electrons. The van der Waals surface area contributed by atoms with Gasteiger partial charge in [-0.15, -0.1) is 0 Å². The van der Waals surface area contributed by atoms with E-state index in [2.05, 4.69) is 0 Å². The standard InChI is InChI=1S/C6H9ClO4S/c1-4-2-10-6(11-4)3-12(8,9)5(6)7/h4-5H,2-3H2,1H3/t4-,5-,6-/m0/s1. The number of halogens is 1. The van der Waals surface area contributed by atoms with Gasteiger partial charge < -0.3 is 9.47 Å². The molecular weight excluding hydrogens is 204 g/mol. The number of hydrogen-bond acceptors (Lipinski definition) is 4. The number of rotatable bonds is 0. The zero-order valence-electron chi connectivity index (χ0n) is 6.49. The Bertz CT molecular complexity index is 301. The summed E-state index contributed by atoms with van der Waals surface area (Å²) in [5, 5.41) is 0. The monoisotopic (exact) mass is 212 g/mol. The SMILES string of the molecule is C[C@H]1CO[C@@]2(CS(=O)(=O)[C@@H]2Cl)O1. The molecule has 12 heavy (non-hydrogen) atoms. The highest BCUT2D eigenvalue weighted by Gasteiger charge is 2.63. The summed E-state index contributed by atoms with van der Waals surface area (Å²) in [7, 11) is -3.16. The lowest BCUT2D eigenvalue weighted by Gasteiger charge is -2.39. The van der Waals surface area contributed by atoms with E-state index in [-0.39, 0.29) is 11.9 Å². The number of alkyl halides is 1.